The average Bonchev–Trinajstić information content (AvgIpc) is 2.93. The highest BCUT2D eigenvalue weighted by molar-refractivity contribution is 14.0. The second kappa shape index (κ2) is 10.1. The van der Waals surface area contributed by atoms with Crippen LogP contribution in [0.1, 0.15) is 10.4 Å². The molecule has 7 heteroatoms. The second-order valence-corrected chi connectivity index (χ2v) is 6.27. The van der Waals surface area contributed by atoms with E-state index < -0.39 is 0 Å². The molecule has 2 rings (SSSR count). The number of ether oxygens (including phenoxy) is 1. The summed E-state index contributed by atoms with van der Waals surface area (Å²) in [6.07, 6.45) is 0. The number of hydrogen-bond donors (Lipinski definition) is 2. The molecule has 0 spiro atoms. The fourth-order valence-electron chi connectivity index (χ4n) is 1.81. The summed E-state index contributed by atoms with van der Waals surface area (Å²) in [5.74, 6) is 1.64. The summed E-state index contributed by atoms with van der Waals surface area (Å²) in [5.41, 5.74) is 1.15. The van der Waals surface area contributed by atoms with E-state index in [1.807, 2.05) is 18.2 Å². The molecule has 0 amide bonds. The maximum atomic E-state index is 5.22. The van der Waals surface area contributed by atoms with E-state index in [-0.39, 0.29) is 24.0 Å². The normalized spacial score (nSPS) is 10.8. The third kappa shape index (κ3) is 6.13. The molecule has 1 aromatic carbocycles. The number of aliphatic imine (C=N–C) groups is 1. The summed E-state index contributed by atoms with van der Waals surface area (Å²) in [6, 6.07) is 10.1. The zero-order valence-electron chi connectivity index (χ0n) is 12.4. The molecule has 0 unspecified atom stereocenters. The van der Waals surface area contributed by atoms with E-state index in [2.05, 4.69) is 49.1 Å². The Morgan fingerprint density at radius 2 is 2.05 bits per heavy atom. The molecule has 1 aromatic heterocycles. The van der Waals surface area contributed by atoms with Crippen LogP contribution in [0.5, 0.6) is 5.75 Å². The van der Waals surface area contributed by atoms with Crippen LogP contribution in [0, 0.1) is 0 Å². The molecular weight excluding hydrogens is 477 g/mol. The van der Waals surface area contributed by atoms with E-state index in [0.29, 0.717) is 6.54 Å². The van der Waals surface area contributed by atoms with E-state index >= 15 is 0 Å². The molecule has 0 aliphatic heterocycles. The molecule has 2 aromatic rings. The van der Waals surface area contributed by atoms with Gasteiger partial charge in [0.05, 0.1) is 13.7 Å². The molecule has 0 aliphatic rings. The van der Waals surface area contributed by atoms with Crippen molar-refractivity contribution in [3.05, 3.63) is 50.6 Å². The number of benzene rings is 1. The molecule has 0 bridgehead atoms. The van der Waals surface area contributed by atoms with Gasteiger partial charge in [0, 0.05) is 28.3 Å². The number of nitrogens with zero attached hydrogens (tertiary/aromatic N) is 1. The van der Waals surface area contributed by atoms with Gasteiger partial charge >= 0.3 is 0 Å². The number of methoxy groups -OCH3 is 1. The predicted molar refractivity (Wildman–Crippen MR) is 107 cm³/mol. The van der Waals surface area contributed by atoms with Gasteiger partial charge in [-0.05, 0) is 39.7 Å². The third-order valence-corrected chi connectivity index (χ3v) is 4.57. The zero-order chi connectivity index (χ0) is 15.1. The molecule has 4 nitrogen and oxygen atoms in total. The lowest BCUT2D eigenvalue weighted by molar-refractivity contribution is 0.414. The Balaban J connectivity index is 0.00000242. The summed E-state index contributed by atoms with van der Waals surface area (Å²) in [6.45, 7) is 1.46. The van der Waals surface area contributed by atoms with Crippen molar-refractivity contribution in [1.82, 2.24) is 10.6 Å². The van der Waals surface area contributed by atoms with Gasteiger partial charge in [-0.1, -0.05) is 12.1 Å². The van der Waals surface area contributed by atoms with Crippen molar-refractivity contribution in [2.24, 2.45) is 4.99 Å². The van der Waals surface area contributed by atoms with Gasteiger partial charge in [-0.2, -0.15) is 0 Å². The van der Waals surface area contributed by atoms with Gasteiger partial charge in [-0.3, -0.25) is 4.99 Å². The van der Waals surface area contributed by atoms with Crippen LogP contribution in [0.15, 0.2) is 45.2 Å². The first-order valence-corrected chi connectivity index (χ1v) is 8.19. The lowest BCUT2D eigenvalue weighted by atomic mass is 10.2. The fraction of sp³-hybridized carbons (Fsp3) is 0.267. The Labute approximate surface area is 160 Å². The van der Waals surface area contributed by atoms with E-state index in [1.54, 1.807) is 25.5 Å². The second-order valence-electron chi connectivity index (χ2n) is 4.36. The molecule has 0 radical (unpaired) electrons. The van der Waals surface area contributed by atoms with Crippen LogP contribution in [-0.4, -0.2) is 20.1 Å². The highest BCUT2D eigenvalue weighted by atomic mass is 127. The molecule has 0 aliphatic carbocycles. The van der Waals surface area contributed by atoms with Gasteiger partial charge in [0.2, 0.25) is 0 Å². The largest absolute Gasteiger partial charge is 0.497 e. The Hall–Kier alpha value is -0.800. The van der Waals surface area contributed by atoms with Crippen molar-refractivity contribution < 1.29 is 4.74 Å². The van der Waals surface area contributed by atoms with Gasteiger partial charge in [-0.25, -0.2) is 0 Å². The Kier molecular flexibility index (Phi) is 8.81. The van der Waals surface area contributed by atoms with Crippen LogP contribution in [0.4, 0.5) is 0 Å². The molecule has 0 atom stereocenters. The minimum Gasteiger partial charge on any atom is -0.497 e. The van der Waals surface area contributed by atoms with Crippen molar-refractivity contribution in [2.45, 2.75) is 13.1 Å². The zero-order valence-corrected chi connectivity index (χ0v) is 17.2. The van der Waals surface area contributed by atoms with Crippen molar-refractivity contribution in [3.63, 3.8) is 0 Å². The van der Waals surface area contributed by atoms with Crippen molar-refractivity contribution in [2.75, 3.05) is 14.2 Å². The van der Waals surface area contributed by atoms with Gasteiger partial charge in [-0.15, -0.1) is 35.3 Å². The molecule has 0 fully saturated rings. The standard InChI is InChI=1S/C15H18BrN3OS.HI/c1-17-15(19-9-14-7-12(16)10-21-14)18-8-11-4-3-5-13(6-11)20-2;/h3-7,10H,8-9H2,1-2H3,(H2,17,18,19);1H. The summed E-state index contributed by atoms with van der Waals surface area (Å²) >= 11 is 5.17. The maximum Gasteiger partial charge on any atom is 0.191 e. The summed E-state index contributed by atoms with van der Waals surface area (Å²) < 4.78 is 6.33. The molecule has 1 heterocycles. The van der Waals surface area contributed by atoms with Crippen molar-refractivity contribution >= 4 is 57.2 Å². The Bertz CT molecular complexity index is 618. The van der Waals surface area contributed by atoms with Crippen LogP contribution in [0.3, 0.4) is 0 Å². The lowest BCUT2D eigenvalue weighted by Crippen LogP contribution is -2.36. The topological polar surface area (TPSA) is 45.7 Å². The highest BCUT2D eigenvalue weighted by Crippen LogP contribution is 2.19. The minimum atomic E-state index is 0. The van der Waals surface area contributed by atoms with Crippen molar-refractivity contribution in [1.29, 1.82) is 0 Å². The van der Waals surface area contributed by atoms with Crippen molar-refractivity contribution in [3.8, 4) is 5.75 Å². The van der Waals surface area contributed by atoms with Crippen LogP contribution in [0.2, 0.25) is 0 Å². The summed E-state index contributed by atoms with van der Waals surface area (Å²) in [4.78, 5) is 5.48. The summed E-state index contributed by atoms with van der Waals surface area (Å²) in [7, 11) is 3.44. The Morgan fingerprint density at radius 1 is 1.27 bits per heavy atom. The molecular formula is C15H19BrIN3OS. The number of halogens is 2. The highest BCUT2D eigenvalue weighted by Gasteiger charge is 2.02. The van der Waals surface area contributed by atoms with E-state index in [9.17, 15) is 0 Å². The minimum absolute atomic E-state index is 0. The smallest absolute Gasteiger partial charge is 0.191 e. The third-order valence-electron chi connectivity index (χ3n) is 2.87. The van der Waals surface area contributed by atoms with Gasteiger partial charge in [0.1, 0.15) is 5.75 Å². The van der Waals surface area contributed by atoms with Gasteiger partial charge in [0.15, 0.2) is 5.96 Å². The Morgan fingerprint density at radius 3 is 2.68 bits per heavy atom. The number of nitrogens with one attached hydrogen (secondary N) is 2. The SMILES string of the molecule is CN=C(NCc1cccc(OC)c1)NCc1cc(Br)cs1.I. The monoisotopic (exact) mass is 495 g/mol. The van der Waals surface area contributed by atoms with Crippen LogP contribution in [0.25, 0.3) is 0 Å². The molecule has 120 valence electrons. The molecule has 0 saturated carbocycles. The maximum absolute atomic E-state index is 5.22. The number of guanidine groups is 1. The molecule has 2 N–H and O–H groups in total. The van der Waals surface area contributed by atoms with Gasteiger partial charge < -0.3 is 15.4 Å². The first-order valence-electron chi connectivity index (χ1n) is 6.51. The van der Waals surface area contributed by atoms with Crippen LogP contribution in [-0.2, 0) is 13.1 Å². The molecule has 0 saturated heterocycles. The number of thiophene rings is 1. The van der Waals surface area contributed by atoms with E-state index in [1.165, 1.54) is 4.88 Å². The fourth-order valence-corrected chi connectivity index (χ4v) is 3.20. The number of hydrogen-bond acceptors (Lipinski definition) is 3. The summed E-state index contributed by atoms with van der Waals surface area (Å²) in [5, 5.41) is 8.66. The van der Waals surface area contributed by atoms with E-state index in [4.69, 9.17) is 4.74 Å². The van der Waals surface area contributed by atoms with Crippen LogP contribution >= 0.6 is 51.2 Å². The first kappa shape index (κ1) is 19.2. The predicted octanol–water partition coefficient (Wildman–Crippen LogP) is 4.00. The van der Waals surface area contributed by atoms with Gasteiger partial charge in [0.25, 0.3) is 0 Å². The van der Waals surface area contributed by atoms with E-state index in [0.717, 1.165) is 28.3 Å². The number of rotatable bonds is 5. The quantitative estimate of drug-likeness (QED) is 0.374. The molecule has 22 heavy (non-hydrogen) atoms. The lowest BCUT2D eigenvalue weighted by Gasteiger charge is -2.11. The first-order chi connectivity index (χ1) is 10.2. The van der Waals surface area contributed by atoms with Crippen LogP contribution < -0.4 is 15.4 Å². The average molecular weight is 496 g/mol.